The molecule has 1 fully saturated rings. The first-order valence-electron chi connectivity index (χ1n) is 13.0. The molecule has 3 aromatic heterocycles. The Bertz CT molecular complexity index is 1480. The number of morpholine rings is 1. The summed E-state index contributed by atoms with van der Waals surface area (Å²) in [6.07, 6.45) is 3.16. The molecule has 40 heavy (non-hydrogen) atoms. The smallest absolute Gasteiger partial charge is 0.423 e. The second kappa shape index (κ2) is 10.8. The molecular weight excluding hydrogens is 515 g/mol. The number of aliphatic hydroxyl groups excluding tert-OH is 1. The molecule has 2 aliphatic heterocycles. The van der Waals surface area contributed by atoms with Crippen molar-refractivity contribution in [1.82, 2.24) is 25.1 Å². The van der Waals surface area contributed by atoms with Gasteiger partial charge in [0, 0.05) is 37.0 Å². The Labute approximate surface area is 230 Å². The zero-order valence-electron chi connectivity index (χ0n) is 22.1. The highest BCUT2D eigenvalue weighted by molar-refractivity contribution is 6.61. The first-order valence-corrected chi connectivity index (χ1v) is 13.0. The van der Waals surface area contributed by atoms with Crippen LogP contribution in [0.4, 0.5) is 23.4 Å². The highest BCUT2D eigenvalue weighted by Crippen LogP contribution is 2.33. The van der Waals surface area contributed by atoms with Gasteiger partial charge in [-0.25, -0.2) is 15.0 Å². The zero-order valence-corrected chi connectivity index (χ0v) is 22.1. The Balaban J connectivity index is 1.33. The van der Waals surface area contributed by atoms with E-state index in [9.17, 15) is 10.1 Å². The van der Waals surface area contributed by atoms with E-state index in [1.807, 2.05) is 49.1 Å². The Kier molecular flexibility index (Phi) is 7.06. The van der Waals surface area contributed by atoms with E-state index < -0.39 is 18.8 Å². The number of benzene rings is 1. The van der Waals surface area contributed by atoms with Crippen molar-refractivity contribution in [1.29, 1.82) is 0 Å². The molecule has 0 radical (unpaired) electrons. The fourth-order valence-corrected chi connectivity index (χ4v) is 4.77. The van der Waals surface area contributed by atoms with Crippen molar-refractivity contribution in [3.8, 4) is 11.5 Å². The lowest BCUT2D eigenvalue weighted by Crippen LogP contribution is -2.36. The summed E-state index contributed by atoms with van der Waals surface area (Å²) in [5.41, 5.74) is 2.45. The Morgan fingerprint density at radius 1 is 1.10 bits per heavy atom. The van der Waals surface area contributed by atoms with Crippen LogP contribution in [0.5, 0.6) is 0 Å². The summed E-state index contributed by atoms with van der Waals surface area (Å²) in [5.74, 6) is 1.51. The van der Waals surface area contributed by atoms with Crippen molar-refractivity contribution in [3.05, 3.63) is 60.0 Å². The minimum Gasteiger partial charge on any atom is -0.423 e. The Hall–Kier alpha value is -4.11. The normalized spacial score (nSPS) is 17.0. The van der Waals surface area contributed by atoms with E-state index in [0.29, 0.717) is 66.4 Å². The lowest BCUT2D eigenvalue weighted by atomic mass is 9.82. The van der Waals surface area contributed by atoms with Gasteiger partial charge >= 0.3 is 7.12 Å². The number of anilines is 4. The molecule has 13 nitrogen and oxygen atoms in total. The van der Waals surface area contributed by atoms with Gasteiger partial charge in [0.25, 0.3) is 11.8 Å². The molecule has 1 saturated heterocycles. The fraction of sp³-hybridized carbons (Fsp3) is 0.346. The third-order valence-electron chi connectivity index (χ3n) is 6.86. The molecule has 0 amide bonds. The number of aliphatic hydroxyl groups is 1. The van der Waals surface area contributed by atoms with Gasteiger partial charge in [0.15, 0.2) is 0 Å². The van der Waals surface area contributed by atoms with E-state index in [1.165, 1.54) is 0 Å². The van der Waals surface area contributed by atoms with Gasteiger partial charge in [0.1, 0.15) is 5.82 Å². The van der Waals surface area contributed by atoms with Crippen molar-refractivity contribution in [3.63, 3.8) is 0 Å². The summed E-state index contributed by atoms with van der Waals surface area (Å²) in [5, 5.41) is 31.1. The fourth-order valence-electron chi connectivity index (χ4n) is 4.77. The number of pyridine rings is 1. The molecule has 0 unspecified atom stereocenters. The molecule has 4 N–H and O–H groups in total. The van der Waals surface area contributed by atoms with Crippen LogP contribution in [0.1, 0.15) is 31.1 Å². The number of nitrogens with one attached hydrogen (secondary N) is 2. The van der Waals surface area contributed by atoms with Gasteiger partial charge in [0.2, 0.25) is 5.95 Å². The van der Waals surface area contributed by atoms with Crippen molar-refractivity contribution in [2.45, 2.75) is 25.5 Å². The van der Waals surface area contributed by atoms with Crippen molar-refractivity contribution in [2.24, 2.45) is 0 Å². The number of rotatable bonds is 8. The quantitative estimate of drug-likeness (QED) is 0.237. The molecule has 6 rings (SSSR count). The standard InChI is InChI=1S/C26H29BN8O5/c1-26(2)22-18(27(37)40-26)14-29-24(32-22)31-21-12-19(30-20(15-36)16-6-4-3-5-7-16)17(13-28-21)23-33-25(34-39-23)35-8-10-38-11-9-35/h3-7,12-14,20,36-37H,8-11,15H2,1-2H3,(H2,28,29,30,31,32)/t20-/m1/s1. The number of hydrogen-bond acceptors (Lipinski definition) is 13. The third-order valence-corrected chi connectivity index (χ3v) is 6.86. The number of aromatic nitrogens is 5. The molecule has 5 heterocycles. The molecule has 1 atom stereocenters. The van der Waals surface area contributed by atoms with Gasteiger partial charge in [-0.2, -0.15) is 4.98 Å². The van der Waals surface area contributed by atoms with E-state index in [0.717, 1.165) is 5.56 Å². The van der Waals surface area contributed by atoms with Crippen molar-refractivity contribution < 1.29 is 24.0 Å². The monoisotopic (exact) mass is 544 g/mol. The van der Waals surface area contributed by atoms with Crippen LogP contribution in [0.2, 0.25) is 0 Å². The average Bonchev–Trinajstić information content (AvgIpc) is 3.55. The highest BCUT2D eigenvalue weighted by atomic mass is 16.5. The number of nitrogens with zero attached hydrogens (tertiary/aromatic N) is 6. The molecule has 0 spiro atoms. The summed E-state index contributed by atoms with van der Waals surface area (Å²) in [7, 11) is -1.07. The Morgan fingerprint density at radius 2 is 1.90 bits per heavy atom. The van der Waals surface area contributed by atoms with E-state index >= 15 is 0 Å². The Morgan fingerprint density at radius 3 is 2.67 bits per heavy atom. The second-order valence-electron chi connectivity index (χ2n) is 10.0. The maximum absolute atomic E-state index is 10.2. The van der Waals surface area contributed by atoms with Gasteiger partial charge in [-0.05, 0) is 24.6 Å². The minimum atomic E-state index is -1.07. The molecule has 206 valence electrons. The lowest BCUT2D eigenvalue weighted by Gasteiger charge is -2.24. The predicted octanol–water partition coefficient (Wildman–Crippen LogP) is 1.60. The van der Waals surface area contributed by atoms with Gasteiger partial charge in [-0.3, -0.25) is 0 Å². The maximum atomic E-state index is 10.2. The first kappa shape index (κ1) is 26.1. The maximum Gasteiger partial charge on any atom is 0.495 e. The predicted molar refractivity (Wildman–Crippen MR) is 147 cm³/mol. The van der Waals surface area contributed by atoms with Crippen molar-refractivity contribution >= 4 is 36.0 Å². The van der Waals surface area contributed by atoms with Crippen LogP contribution in [0, 0.1) is 0 Å². The van der Waals surface area contributed by atoms with Crippen LogP contribution in [0.15, 0.2) is 53.3 Å². The van der Waals surface area contributed by atoms with Gasteiger partial charge in [-0.1, -0.05) is 30.3 Å². The van der Waals surface area contributed by atoms with Crippen LogP contribution in [0.3, 0.4) is 0 Å². The van der Waals surface area contributed by atoms with Crippen LogP contribution in [0.25, 0.3) is 11.5 Å². The lowest BCUT2D eigenvalue weighted by molar-refractivity contribution is 0.0970. The molecule has 4 aromatic rings. The first-order chi connectivity index (χ1) is 19.4. The van der Waals surface area contributed by atoms with Crippen LogP contribution < -0.4 is 21.0 Å². The summed E-state index contributed by atoms with van der Waals surface area (Å²) in [4.78, 5) is 20.1. The second-order valence-corrected chi connectivity index (χ2v) is 10.0. The molecule has 1 aromatic carbocycles. The minimum absolute atomic E-state index is 0.150. The van der Waals surface area contributed by atoms with Gasteiger partial charge in [0.05, 0.1) is 48.4 Å². The summed E-state index contributed by atoms with van der Waals surface area (Å²) >= 11 is 0. The SMILES string of the molecule is CC1(C)OB(O)c2cnc(Nc3cc(N[C@H](CO)c4ccccc4)c(-c4nc(N5CCOCC5)no4)cn3)nc21. The van der Waals surface area contributed by atoms with Gasteiger partial charge < -0.3 is 39.6 Å². The molecular formula is C26H29BN8O5. The summed E-state index contributed by atoms with van der Waals surface area (Å²) in [6.45, 7) is 6.06. The third kappa shape index (κ3) is 5.21. The number of fused-ring (bicyclic) bond motifs is 1. The van der Waals surface area contributed by atoms with Crippen molar-refractivity contribution in [2.75, 3.05) is 48.4 Å². The molecule has 0 bridgehead atoms. The van der Waals surface area contributed by atoms with E-state index in [-0.39, 0.29) is 12.5 Å². The number of ether oxygens (including phenoxy) is 1. The summed E-state index contributed by atoms with van der Waals surface area (Å²) in [6, 6.07) is 11.0. The molecule has 0 saturated carbocycles. The van der Waals surface area contributed by atoms with E-state index in [4.69, 9.17) is 13.9 Å². The van der Waals surface area contributed by atoms with E-state index in [1.54, 1.807) is 18.5 Å². The molecule has 2 aliphatic rings. The van der Waals surface area contributed by atoms with Crippen LogP contribution in [-0.2, 0) is 15.0 Å². The topological polar surface area (TPSA) is 164 Å². The largest absolute Gasteiger partial charge is 0.495 e. The zero-order chi connectivity index (χ0) is 27.7. The molecule has 0 aliphatic carbocycles. The van der Waals surface area contributed by atoms with E-state index in [2.05, 4.69) is 35.7 Å². The molecule has 14 heteroatoms. The highest BCUT2D eigenvalue weighted by Gasteiger charge is 2.42. The van der Waals surface area contributed by atoms with Crippen LogP contribution >= 0.6 is 0 Å². The number of hydrogen-bond donors (Lipinski definition) is 4. The summed E-state index contributed by atoms with van der Waals surface area (Å²) < 4.78 is 16.7. The average molecular weight is 544 g/mol. The van der Waals surface area contributed by atoms with Crippen LogP contribution in [-0.4, -0.2) is 75.3 Å². The van der Waals surface area contributed by atoms with Gasteiger partial charge in [-0.15, -0.1) is 0 Å².